The highest BCUT2D eigenvalue weighted by Crippen LogP contribution is 1.77. The molecule has 0 radical (unpaired) electrons. The molecule has 0 heterocycles. The summed E-state index contributed by atoms with van der Waals surface area (Å²) in [6.07, 6.45) is 3.17. The van der Waals surface area contributed by atoms with E-state index in [2.05, 4.69) is 16.6 Å². The van der Waals surface area contributed by atoms with Gasteiger partial charge in [-0.3, -0.25) is 0 Å². The molecule has 0 aromatic carbocycles. The van der Waals surface area contributed by atoms with Crippen molar-refractivity contribution in [2.24, 2.45) is 9.98 Å². The first-order valence-electron chi connectivity index (χ1n) is 4.45. The Balaban J connectivity index is -0.000000175. The Labute approximate surface area is 77.1 Å². The molecule has 2 heteroatoms. The van der Waals surface area contributed by atoms with Gasteiger partial charge in [-0.05, 0) is 13.8 Å². The van der Waals surface area contributed by atoms with Gasteiger partial charge in [-0.2, -0.15) is 0 Å². The molecule has 0 atom stereocenters. The lowest BCUT2D eigenvalue weighted by molar-refractivity contribution is 1.47. The van der Waals surface area contributed by atoms with Crippen LogP contribution in [0.4, 0.5) is 0 Å². The van der Waals surface area contributed by atoms with Gasteiger partial charge in [0.05, 0.1) is 0 Å². The number of hydrogen-bond acceptors (Lipinski definition) is 1. The second-order valence-electron chi connectivity index (χ2n) is 1.25. The number of amidine groups is 1. The Morgan fingerprint density at radius 1 is 1.17 bits per heavy atom. The average Bonchev–Trinajstić information content (AvgIpc) is 2.12. The summed E-state index contributed by atoms with van der Waals surface area (Å²) in [4.78, 5) is 7.66. The SMILES string of the molecule is C=CN=C(C)N=CC.CC.CC. The third kappa shape index (κ3) is 23.0. The molecule has 0 rings (SSSR count). The van der Waals surface area contributed by atoms with Crippen molar-refractivity contribution >= 4 is 12.1 Å². The van der Waals surface area contributed by atoms with Crippen molar-refractivity contribution in [3.8, 4) is 0 Å². The van der Waals surface area contributed by atoms with Crippen LogP contribution in [0.15, 0.2) is 22.8 Å². The highest BCUT2D eigenvalue weighted by Gasteiger charge is 1.74. The molecular formula is C10H22N2. The summed E-state index contributed by atoms with van der Waals surface area (Å²) in [5.74, 6) is 0.738. The van der Waals surface area contributed by atoms with Crippen molar-refractivity contribution in [2.75, 3.05) is 0 Å². The maximum absolute atomic E-state index is 3.87. The van der Waals surface area contributed by atoms with Gasteiger partial charge >= 0.3 is 0 Å². The minimum Gasteiger partial charge on any atom is -0.246 e. The Bertz CT molecular complexity index is 124. The Morgan fingerprint density at radius 2 is 1.58 bits per heavy atom. The molecule has 0 aromatic rings. The van der Waals surface area contributed by atoms with E-state index < -0.39 is 0 Å². The standard InChI is InChI=1S/C6H10N2.2C2H6/c1-4-7-6(3)8-5-2;2*1-2/h4-5H,1H2,2-3H3;2*1-2H3. The molecule has 0 aliphatic heterocycles. The fraction of sp³-hybridized carbons (Fsp3) is 0.600. The van der Waals surface area contributed by atoms with Gasteiger partial charge in [-0.1, -0.05) is 34.3 Å². The molecule has 0 saturated carbocycles. The van der Waals surface area contributed by atoms with Crippen LogP contribution < -0.4 is 0 Å². The summed E-state index contributed by atoms with van der Waals surface area (Å²) < 4.78 is 0. The van der Waals surface area contributed by atoms with Crippen LogP contribution in [0.2, 0.25) is 0 Å². The van der Waals surface area contributed by atoms with E-state index in [9.17, 15) is 0 Å². The fourth-order valence-corrected chi connectivity index (χ4v) is 0.352. The molecule has 72 valence electrons. The monoisotopic (exact) mass is 170 g/mol. The van der Waals surface area contributed by atoms with Gasteiger partial charge < -0.3 is 0 Å². The lowest BCUT2D eigenvalue weighted by Crippen LogP contribution is -1.81. The van der Waals surface area contributed by atoms with E-state index >= 15 is 0 Å². The maximum atomic E-state index is 3.87. The zero-order valence-corrected chi connectivity index (χ0v) is 9.26. The van der Waals surface area contributed by atoms with Gasteiger partial charge in [0, 0.05) is 12.4 Å². The lowest BCUT2D eigenvalue weighted by atomic mass is 10.7. The smallest absolute Gasteiger partial charge is 0.124 e. The van der Waals surface area contributed by atoms with Gasteiger partial charge in [-0.15, -0.1) is 0 Å². The highest BCUT2D eigenvalue weighted by molar-refractivity contribution is 5.87. The van der Waals surface area contributed by atoms with Gasteiger partial charge in [-0.25, -0.2) is 9.98 Å². The summed E-state index contributed by atoms with van der Waals surface area (Å²) in [5.41, 5.74) is 0. The largest absolute Gasteiger partial charge is 0.246 e. The molecule has 0 fully saturated rings. The molecule has 0 aliphatic rings. The summed E-state index contributed by atoms with van der Waals surface area (Å²) in [6.45, 7) is 15.1. The molecule has 0 spiro atoms. The lowest BCUT2D eigenvalue weighted by Gasteiger charge is -1.82. The first-order valence-corrected chi connectivity index (χ1v) is 4.45. The summed E-state index contributed by atoms with van der Waals surface area (Å²) in [5, 5.41) is 0. The zero-order valence-electron chi connectivity index (χ0n) is 9.26. The van der Waals surface area contributed by atoms with Gasteiger partial charge in [0.15, 0.2) is 0 Å². The predicted octanol–water partition coefficient (Wildman–Crippen LogP) is 3.69. The van der Waals surface area contributed by atoms with Crippen LogP contribution in [0.5, 0.6) is 0 Å². The molecule has 0 bridgehead atoms. The minimum absolute atomic E-state index is 0.738. The third-order valence-electron chi connectivity index (χ3n) is 0.594. The molecular weight excluding hydrogens is 148 g/mol. The van der Waals surface area contributed by atoms with E-state index in [0.717, 1.165) is 5.84 Å². The van der Waals surface area contributed by atoms with Crippen molar-refractivity contribution in [3.63, 3.8) is 0 Å². The second kappa shape index (κ2) is 22.5. The van der Waals surface area contributed by atoms with E-state index in [4.69, 9.17) is 0 Å². The van der Waals surface area contributed by atoms with Crippen LogP contribution in [0.25, 0.3) is 0 Å². The number of nitrogens with zero attached hydrogens (tertiary/aromatic N) is 2. The molecule has 0 N–H and O–H groups in total. The summed E-state index contributed by atoms with van der Waals surface area (Å²) in [7, 11) is 0. The normalized spacial score (nSPS) is 9.33. The zero-order chi connectivity index (χ0) is 10.4. The van der Waals surface area contributed by atoms with Gasteiger partial charge in [0.1, 0.15) is 5.84 Å². The summed E-state index contributed by atoms with van der Waals surface area (Å²) >= 11 is 0. The predicted molar refractivity (Wildman–Crippen MR) is 60.2 cm³/mol. The molecule has 12 heavy (non-hydrogen) atoms. The van der Waals surface area contributed by atoms with Crippen LogP contribution in [0, 0.1) is 0 Å². The Kier molecular flexibility index (Phi) is 32.3. The van der Waals surface area contributed by atoms with Crippen LogP contribution in [0.3, 0.4) is 0 Å². The quantitative estimate of drug-likeness (QED) is 0.423. The fourth-order valence-electron chi connectivity index (χ4n) is 0.352. The van der Waals surface area contributed by atoms with E-state index in [1.807, 2.05) is 41.5 Å². The van der Waals surface area contributed by atoms with Crippen molar-refractivity contribution in [2.45, 2.75) is 41.5 Å². The summed E-state index contributed by atoms with van der Waals surface area (Å²) in [6, 6.07) is 0. The molecule has 0 aliphatic carbocycles. The number of hydrogen-bond donors (Lipinski definition) is 0. The first-order chi connectivity index (χ1) is 5.81. The third-order valence-corrected chi connectivity index (χ3v) is 0.594. The van der Waals surface area contributed by atoms with Crippen molar-refractivity contribution < 1.29 is 0 Å². The van der Waals surface area contributed by atoms with Crippen LogP contribution in [-0.2, 0) is 0 Å². The number of aliphatic imine (C=N–C) groups is 2. The molecule has 0 saturated heterocycles. The molecule has 0 aromatic heterocycles. The average molecular weight is 170 g/mol. The molecule has 0 unspecified atom stereocenters. The molecule has 2 nitrogen and oxygen atoms in total. The second-order valence-corrected chi connectivity index (χ2v) is 1.25. The van der Waals surface area contributed by atoms with Crippen LogP contribution in [-0.4, -0.2) is 12.1 Å². The van der Waals surface area contributed by atoms with Crippen molar-refractivity contribution in [1.82, 2.24) is 0 Å². The topological polar surface area (TPSA) is 24.7 Å². The Hall–Kier alpha value is -0.920. The first kappa shape index (κ1) is 17.2. The van der Waals surface area contributed by atoms with Crippen molar-refractivity contribution in [1.29, 1.82) is 0 Å². The minimum atomic E-state index is 0.738. The van der Waals surface area contributed by atoms with E-state index in [1.54, 1.807) is 6.21 Å². The van der Waals surface area contributed by atoms with Crippen LogP contribution in [0.1, 0.15) is 41.5 Å². The van der Waals surface area contributed by atoms with E-state index in [1.165, 1.54) is 6.20 Å². The van der Waals surface area contributed by atoms with Gasteiger partial charge in [0.2, 0.25) is 0 Å². The van der Waals surface area contributed by atoms with E-state index in [0.29, 0.717) is 0 Å². The van der Waals surface area contributed by atoms with Gasteiger partial charge in [0.25, 0.3) is 0 Å². The maximum Gasteiger partial charge on any atom is 0.124 e. The molecule has 0 amide bonds. The van der Waals surface area contributed by atoms with Crippen molar-refractivity contribution in [3.05, 3.63) is 12.8 Å². The van der Waals surface area contributed by atoms with Crippen LogP contribution >= 0.6 is 0 Å². The van der Waals surface area contributed by atoms with E-state index in [-0.39, 0.29) is 0 Å². The highest BCUT2D eigenvalue weighted by atomic mass is 14.9. The Morgan fingerprint density at radius 3 is 1.83 bits per heavy atom. The number of rotatable bonds is 1.